The molecule has 4 aromatic rings. The van der Waals surface area contributed by atoms with Crippen LogP contribution < -0.4 is 9.80 Å². The van der Waals surface area contributed by atoms with Gasteiger partial charge in [-0.1, -0.05) is 18.2 Å². The van der Waals surface area contributed by atoms with E-state index in [4.69, 9.17) is 4.98 Å². The zero-order chi connectivity index (χ0) is 21.4. The first kappa shape index (κ1) is 19.4. The fourth-order valence-corrected chi connectivity index (χ4v) is 4.14. The van der Waals surface area contributed by atoms with Crippen molar-refractivity contribution in [2.75, 3.05) is 36.0 Å². The number of rotatable bonds is 3. The molecule has 31 heavy (non-hydrogen) atoms. The Labute approximate surface area is 181 Å². The fraction of sp³-hybridized carbons (Fsp3) is 0.240. The minimum Gasteiger partial charge on any atom is -0.353 e. The summed E-state index contributed by atoms with van der Waals surface area (Å²) in [4.78, 5) is 9.55. The smallest absolute Gasteiger partial charge is 0.151 e. The van der Waals surface area contributed by atoms with E-state index in [9.17, 15) is 4.39 Å². The highest BCUT2D eigenvalue weighted by molar-refractivity contribution is 5.86. The zero-order valence-electron chi connectivity index (χ0n) is 17.7. The van der Waals surface area contributed by atoms with Crippen molar-refractivity contribution in [1.29, 1.82) is 0 Å². The maximum atomic E-state index is 13.1. The van der Waals surface area contributed by atoms with Crippen LogP contribution in [-0.4, -0.2) is 41.4 Å². The van der Waals surface area contributed by atoms with Crippen molar-refractivity contribution < 1.29 is 4.39 Å². The molecule has 2 aromatic heterocycles. The van der Waals surface area contributed by atoms with Gasteiger partial charge in [-0.05, 0) is 67.4 Å². The molecule has 156 valence electrons. The maximum absolute atomic E-state index is 13.1. The number of hydrogen-bond acceptors (Lipinski definition) is 5. The van der Waals surface area contributed by atoms with E-state index in [0.717, 1.165) is 54.6 Å². The van der Waals surface area contributed by atoms with Gasteiger partial charge in [0.2, 0.25) is 0 Å². The normalized spacial score (nSPS) is 14.3. The molecule has 3 heterocycles. The van der Waals surface area contributed by atoms with E-state index in [1.165, 1.54) is 28.6 Å². The molecule has 1 saturated heterocycles. The monoisotopic (exact) mass is 413 g/mol. The Morgan fingerprint density at radius 2 is 1.45 bits per heavy atom. The Balaban J connectivity index is 1.30. The van der Waals surface area contributed by atoms with Crippen molar-refractivity contribution in [3.8, 4) is 11.3 Å². The third-order valence-electron chi connectivity index (χ3n) is 5.95. The van der Waals surface area contributed by atoms with Crippen molar-refractivity contribution >= 4 is 22.5 Å². The molecule has 2 aromatic carbocycles. The van der Waals surface area contributed by atoms with Crippen LogP contribution >= 0.6 is 0 Å². The van der Waals surface area contributed by atoms with Crippen LogP contribution in [0.1, 0.15) is 11.1 Å². The highest BCUT2D eigenvalue weighted by Gasteiger charge is 2.20. The molecule has 6 heteroatoms. The lowest BCUT2D eigenvalue weighted by Crippen LogP contribution is -2.47. The van der Waals surface area contributed by atoms with E-state index in [-0.39, 0.29) is 5.82 Å². The molecule has 5 nitrogen and oxygen atoms in total. The molecular formula is C25H24FN5. The number of nitrogens with zero attached hydrogens (tertiary/aromatic N) is 5. The standard InChI is InChI=1S/C25H24FN5/c1-17-4-3-5-21-18(2)16-24(27-25(17)21)31-14-12-30(13-15-31)23-11-10-22(28-29-23)19-6-8-20(26)9-7-19/h3-11,16H,12-15H2,1-2H3. The topological polar surface area (TPSA) is 45.2 Å². The van der Waals surface area contributed by atoms with Gasteiger partial charge in [0, 0.05) is 37.1 Å². The summed E-state index contributed by atoms with van der Waals surface area (Å²) in [6.07, 6.45) is 0. The predicted molar refractivity (Wildman–Crippen MR) is 123 cm³/mol. The quantitative estimate of drug-likeness (QED) is 0.484. The van der Waals surface area contributed by atoms with Gasteiger partial charge in [-0.2, -0.15) is 0 Å². The number of hydrogen-bond donors (Lipinski definition) is 0. The van der Waals surface area contributed by atoms with Crippen molar-refractivity contribution in [3.63, 3.8) is 0 Å². The van der Waals surface area contributed by atoms with Crippen LogP contribution in [0.4, 0.5) is 16.0 Å². The largest absolute Gasteiger partial charge is 0.353 e. The average Bonchev–Trinajstić information content (AvgIpc) is 2.80. The van der Waals surface area contributed by atoms with Crippen LogP contribution in [0.3, 0.4) is 0 Å². The number of fused-ring (bicyclic) bond motifs is 1. The molecule has 0 bridgehead atoms. The molecule has 5 rings (SSSR count). The van der Waals surface area contributed by atoms with E-state index in [0.29, 0.717) is 0 Å². The second-order valence-corrected chi connectivity index (χ2v) is 8.03. The van der Waals surface area contributed by atoms with Crippen molar-refractivity contribution in [2.24, 2.45) is 0 Å². The van der Waals surface area contributed by atoms with Crippen LogP contribution in [0, 0.1) is 19.7 Å². The number of halogens is 1. The summed E-state index contributed by atoms with van der Waals surface area (Å²) in [5, 5.41) is 9.98. The predicted octanol–water partition coefficient (Wildman–Crippen LogP) is 4.77. The number of pyridine rings is 1. The summed E-state index contributed by atoms with van der Waals surface area (Å²) >= 11 is 0. The Hall–Kier alpha value is -3.54. The second-order valence-electron chi connectivity index (χ2n) is 8.03. The summed E-state index contributed by atoms with van der Waals surface area (Å²) in [7, 11) is 0. The van der Waals surface area contributed by atoms with Crippen molar-refractivity contribution in [2.45, 2.75) is 13.8 Å². The molecule has 0 N–H and O–H groups in total. The second kappa shape index (κ2) is 7.95. The van der Waals surface area contributed by atoms with Gasteiger partial charge < -0.3 is 9.80 Å². The molecule has 0 unspecified atom stereocenters. The van der Waals surface area contributed by atoms with Gasteiger partial charge >= 0.3 is 0 Å². The van der Waals surface area contributed by atoms with Gasteiger partial charge in [-0.3, -0.25) is 0 Å². The molecule has 0 spiro atoms. The first-order chi connectivity index (χ1) is 15.1. The minimum atomic E-state index is -0.252. The lowest BCUT2D eigenvalue weighted by molar-refractivity contribution is 0.628. The van der Waals surface area contributed by atoms with Crippen LogP contribution in [0.5, 0.6) is 0 Å². The number of aromatic nitrogens is 3. The Morgan fingerprint density at radius 3 is 2.13 bits per heavy atom. The van der Waals surface area contributed by atoms with Gasteiger partial charge in [0.1, 0.15) is 11.6 Å². The highest BCUT2D eigenvalue weighted by Crippen LogP contribution is 2.26. The molecule has 0 amide bonds. The summed E-state index contributed by atoms with van der Waals surface area (Å²) in [5.74, 6) is 1.65. The highest BCUT2D eigenvalue weighted by atomic mass is 19.1. The lowest BCUT2D eigenvalue weighted by Gasteiger charge is -2.36. The lowest BCUT2D eigenvalue weighted by atomic mass is 10.1. The Morgan fingerprint density at radius 1 is 0.742 bits per heavy atom. The van der Waals surface area contributed by atoms with E-state index in [1.807, 2.05) is 12.1 Å². The van der Waals surface area contributed by atoms with Crippen molar-refractivity contribution in [3.05, 3.63) is 77.6 Å². The molecule has 1 fully saturated rings. The fourth-order valence-electron chi connectivity index (χ4n) is 4.14. The van der Waals surface area contributed by atoms with E-state index >= 15 is 0 Å². The van der Waals surface area contributed by atoms with Crippen molar-refractivity contribution in [1.82, 2.24) is 15.2 Å². The summed E-state index contributed by atoms with van der Waals surface area (Å²) in [6, 6.07) is 18.8. The number of piperazine rings is 1. The molecule has 0 atom stereocenters. The summed E-state index contributed by atoms with van der Waals surface area (Å²) in [5.41, 5.74) is 5.15. The van der Waals surface area contributed by atoms with Crippen LogP contribution in [0.25, 0.3) is 22.2 Å². The third kappa shape index (κ3) is 3.81. The van der Waals surface area contributed by atoms with Gasteiger partial charge in [0.05, 0.1) is 11.2 Å². The molecular weight excluding hydrogens is 389 g/mol. The number of para-hydroxylation sites is 1. The zero-order valence-corrected chi connectivity index (χ0v) is 17.7. The Bertz CT molecular complexity index is 1210. The molecule has 0 aliphatic carbocycles. The van der Waals surface area contributed by atoms with Crippen LogP contribution in [0.2, 0.25) is 0 Å². The first-order valence-electron chi connectivity index (χ1n) is 10.5. The summed E-state index contributed by atoms with van der Waals surface area (Å²) < 4.78 is 13.1. The van der Waals surface area contributed by atoms with Crippen LogP contribution in [-0.2, 0) is 0 Å². The van der Waals surface area contributed by atoms with Gasteiger partial charge in [0.25, 0.3) is 0 Å². The molecule has 0 radical (unpaired) electrons. The van der Waals surface area contributed by atoms with Gasteiger partial charge in [-0.25, -0.2) is 9.37 Å². The van der Waals surface area contributed by atoms with E-state index < -0.39 is 0 Å². The van der Waals surface area contributed by atoms with Gasteiger partial charge in [0.15, 0.2) is 5.82 Å². The summed E-state index contributed by atoms with van der Waals surface area (Å²) in [6.45, 7) is 7.75. The number of benzene rings is 2. The molecule has 1 aliphatic heterocycles. The molecule has 1 aliphatic rings. The SMILES string of the molecule is Cc1cc(N2CCN(c3ccc(-c4ccc(F)cc4)nn3)CC2)nc2c(C)cccc12. The number of anilines is 2. The Kier molecular flexibility index (Phi) is 4.98. The maximum Gasteiger partial charge on any atom is 0.151 e. The number of aryl methyl sites for hydroxylation is 2. The van der Waals surface area contributed by atoms with E-state index in [1.54, 1.807) is 12.1 Å². The first-order valence-corrected chi connectivity index (χ1v) is 10.5. The van der Waals surface area contributed by atoms with E-state index in [2.05, 4.69) is 58.1 Å². The van der Waals surface area contributed by atoms with Gasteiger partial charge in [-0.15, -0.1) is 10.2 Å². The minimum absolute atomic E-state index is 0.252. The third-order valence-corrected chi connectivity index (χ3v) is 5.95. The van der Waals surface area contributed by atoms with Crippen LogP contribution in [0.15, 0.2) is 60.7 Å². The molecule has 0 saturated carbocycles. The average molecular weight is 414 g/mol.